The molecule has 0 fully saturated rings. The minimum atomic E-state index is -4.65. The van der Waals surface area contributed by atoms with Gasteiger partial charge < -0.3 is 10.2 Å². The van der Waals surface area contributed by atoms with Gasteiger partial charge in [-0.3, -0.25) is 13.9 Å². The summed E-state index contributed by atoms with van der Waals surface area (Å²) in [5.41, 5.74) is -1.15. The summed E-state index contributed by atoms with van der Waals surface area (Å²) in [6.07, 6.45) is -3.66. The van der Waals surface area contributed by atoms with Gasteiger partial charge in [-0.05, 0) is 69.5 Å². The second-order valence-corrected chi connectivity index (χ2v) is 13.2. The van der Waals surface area contributed by atoms with Crippen molar-refractivity contribution in [1.29, 1.82) is 0 Å². The molecule has 0 saturated carbocycles. The molecule has 2 amide bonds. The molecule has 13 heteroatoms. The van der Waals surface area contributed by atoms with Gasteiger partial charge in [-0.2, -0.15) is 13.2 Å². The Morgan fingerprint density at radius 2 is 1.70 bits per heavy atom. The number of carbonyl (C=O) groups is 2. The fourth-order valence-electron chi connectivity index (χ4n) is 4.05. The third kappa shape index (κ3) is 9.85. The maximum atomic E-state index is 13.5. The molecule has 40 heavy (non-hydrogen) atoms. The van der Waals surface area contributed by atoms with Crippen LogP contribution in [-0.2, 0) is 32.3 Å². The number of rotatable bonds is 11. The van der Waals surface area contributed by atoms with Gasteiger partial charge >= 0.3 is 6.18 Å². The number of nitrogens with one attached hydrogen (secondary N) is 1. The molecule has 0 aliphatic heterocycles. The first-order chi connectivity index (χ1) is 18.3. The summed E-state index contributed by atoms with van der Waals surface area (Å²) in [4.78, 5) is 28.0. The number of hydrogen-bond donors (Lipinski definition) is 1. The van der Waals surface area contributed by atoms with E-state index in [-0.39, 0.29) is 37.5 Å². The molecule has 0 bridgehead atoms. The zero-order valence-corrected chi connectivity index (χ0v) is 25.3. The number of anilines is 1. The number of sulfonamides is 1. The highest BCUT2D eigenvalue weighted by Crippen LogP contribution is 2.32. The predicted molar refractivity (Wildman–Crippen MR) is 152 cm³/mol. The van der Waals surface area contributed by atoms with Crippen LogP contribution in [0.1, 0.15) is 58.1 Å². The molecular weight excluding hydrogens is 590 g/mol. The van der Waals surface area contributed by atoms with Crippen LogP contribution in [-0.4, -0.2) is 49.5 Å². The largest absolute Gasteiger partial charge is 0.416 e. The molecule has 0 unspecified atom stereocenters. The van der Waals surface area contributed by atoms with Crippen molar-refractivity contribution < 1.29 is 31.2 Å². The van der Waals surface area contributed by atoms with Crippen LogP contribution < -0.4 is 9.62 Å². The fourth-order valence-corrected chi connectivity index (χ4v) is 5.47. The summed E-state index contributed by atoms with van der Waals surface area (Å²) in [6, 6.07) is 7.92. The lowest BCUT2D eigenvalue weighted by molar-refractivity contribution is -0.142. The fraction of sp³-hybridized carbons (Fsp3) is 0.481. The number of alkyl halides is 3. The highest BCUT2D eigenvalue weighted by atomic mass is 35.5. The van der Waals surface area contributed by atoms with E-state index in [1.807, 2.05) is 20.8 Å². The summed E-state index contributed by atoms with van der Waals surface area (Å²) >= 11 is 12.3. The first-order valence-corrected chi connectivity index (χ1v) is 15.1. The van der Waals surface area contributed by atoms with E-state index in [0.717, 1.165) is 28.8 Å². The van der Waals surface area contributed by atoms with Gasteiger partial charge in [0.2, 0.25) is 21.8 Å². The van der Waals surface area contributed by atoms with Crippen LogP contribution in [0.2, 0.25) is 10.0 Å². The van der Waals surface area contributed by atoms with E-state index in [1.165, 1.54) is 17.0 Å². The lowest BCUT2D eigenvalue weighted by atomic mass is 10.0. The Labute approximate surface area is 243 Å². The van der Waals surface area contributed by atoms with E-state index in [2.05, 4.69) is 5.32 Å². The zero-order valence-electron chi connectivity index (χ0n) is 23.0. The molecule has 2 aromatic carbocycles. The molecule has 1 N–H and O–H groups in total. The van der Waals surface area contributed by atoms with Gasteiger partial charge in [0, 0.05) is 35.1 Å². The van der Waals surface area contributed by atoms with Crippen LogP contribution in [0.25, 0.3) is 0 Å². The predicted octanol–water partition coefficient (Wildman–Crippen LogP) is 6.28. The Morgan fingerprint density at radius 1 is 1.05 bits per heavy atom. The summed E-state index contributed by atoms with van der Waals surface area (Å²) < 4.78 is 65.4. The molecule has 222 valence electrons. The standard InChI is InChI=1S/C27H34Cl2F3N3O4S/c1-6-23(25(37)33-26(2,3)4)34(17-18-12-13-20(28)16-22(18)29)24(36)11-8-14-35(40(5,38)39)21-10-7-9-19(15-21)27(30,31)32/h7,9-10,12-13,15-16,23H,6,8,11,14,17H2,1-5H3,(H,33,37)/t23-/m1/s1. The molecule has 2 aromatic rings. The van der Waals surface area contributed by atoms with Crippen molar-refractivity contribution in [2.75, 3.05) is 17.1 Å². The van der Waals surface area contributed by atoms with Gasteiger partial charge in [0.1, 0.15) is 6.04 Å². The van der Waals surface area contributed by atoms with E-state index in [9.17, 15) is 31.2 Å². The second-order valence-electron chi connectivity index (χ2n) is 10.4. The van der Waals surface area contributed by atoms with Gasteiger partial charge in [-0.25, -0.2) is 8.42 Å². The van der Waals surface area contributed by atoms with Crippen molar-refractivity contribution in [2.45, 2.75) is 71.3 Å². The SMILES string of the molecule is CC[C@H](C(=O)NC(C)(C)C)N(Cc1ccc(Cl)cc1Cl)C(=O)CCCN(c1cccc(C(F)(F)F)c1)S(C)(=O)=O. The normalized spacial score (nSPS) is 13.1. The Hall–Kier alpha value is -2.50. The first-order valence-electron chi connectivity index (χ1n) is 12.5. The summed E-state index contributed by atoms with van der Waals surface area (Å²) in [6.45, 7) is 6.95. The number of carbonyl (C=O) groups excluding carboxylic acids is 2. The molecule has 0 radical (unpaired) electrons. The Balaban J connectivity index is 2.32. The van der Waals surface area contributed by atoms with Gasteiger partial charge in [0.25, 0.3) is 0 Å². The third-order valence-corrected chi connectivity index (χ3v) is 7.63. The molecule has 0 saturated heterocycles. The van der Waals surface area contributed by atoms with Gasteiger partial charge in [-0.1, -0.05) is 42.3 Å². The molecule has 7 nitrogen and oxygen atoms in total. The van der Waals surface area contributed by atoms with Crippen molar-refractivity contribution >= 4 is 50.7 Å². The van der Waals surface area contributed by atoms with E-state index in [4.69, 9.17) is 23.2 Å². The van der Waals surface area contributed by atoms with Crippen molar-refractivity contribution in [2.24, 2.45) is 0 Å². The lowest BCUT2D eigenvalue weighted by Gasteiger charge is -2.33. The summed E-state index contributed by atoms with van der Waals surface area (Å²) in [5, 5.41) is 3.59. The van der Waals surface area contributed by atoms with E-state index in [0.29, 0.717) is 22.0 Å². The van der Waals surface area contributed by atoms with E-state index >= 15 is 0 Å². The third-order valence-electron chi connectivity index (χ3n) is 5.85. The molecule has 0 heterocycles. The Morgan fingerprint density at radius 3 is 2.23 bits per heavy atom. The highest BCUT2D eigenvalue weighted by Gasteiger charge is 2.33. The highest BCUT2D eigenvalue weighted by molar-refractivity contribution is 7.92. The number of amides is 2. The smallest absolute Gasteiger partial charge is 0.350 e. The Bertz CT molecular complexity index is 1310. The molecule has 2 rings (SSSR count). The molecule has 0 aliphatic carbocycles. The number of hydrogen-bond acceptors (Lipinski definition) is 4. The Kier molecular flexibility index (Phi) is 11.3. The number of nitrogens with zero attached hydrogens (tertiary/aromatic N) is 2. The van der Waals surface area contributed by atoms with Crippen molar-refractivity contribution in [3.63, 3.8) is 0 Å². The molecule has 0 spiro atoms. The van der Waals surface area contributed by atoms with Crippen LogP contribution in [0, 0.1) is 0 Å². The summed E-state index contributed by atoms with van der Waals surface area (Å²) in [7, 11) is -3.96. The van der Waals surface area contributed by atoms with Crippen LogP contribution in [0.5, 0.6) is 0 Å². The maximum absolute atomic E-state index is 13.5. The van der Waals surface area contributed by atoms with Crippen LogP contribution >= 0.6 is 23.2 Å². The van der Waals surface area contributed by atoms with Crippen molar-refractivity contribution in [3.8, 4) is 0 Å². The number of halogens is 5. The van der Waals surface area contributed by atoms with Crippen LogP contribution in [0.3, 0.4) is 0 Å². The van der Waals surface area contributed by atoms with Crippen molar-refractivity contribution in [1.82, 2.24) is 10.2 Å². The minimum Gasteiger partial charge on any atom is -0.350 e. The molecule has 0 aromatic heterocycles. The van der Waals surface area contributed by atoms with Crippen LogP contribution in [0.15, 0.2) is 42.5 Å². The zero-order chi connectivity index (χ0) is 30.5. The topological polar surface area (TPSA) is 86.8 Å². The lowest BCUT2D eigenvalue weighted by Crippen LogP contribution is -2.53. The monoisotopic (exact) mass is 623 g/mol. The van der Waals surface area contributed by atoms with Crippen LogP contribution in [0.4, 0.5) is 18.9 Å². The average molecular weight is 625 g/mol. The van der Waals surface area contributed by atoms with Gasteiger partial charge in [0.15, 0.2) is 0 Å². The van der Waals surface area contributed by atoms with Crippen molar-refractivity contribution in [3.05, 3.63) is 63.6 Å². The van der Waals surface area contributed by atoms with Gasteiger partial charge in [0.05, 0.1) is 17.5 Å². The van der Waals surface area contributed by atoms with Gasteiger partial charge in [-0.15, -0.1) is 0 Å². The summed E-state index contributed by atoms with van der Waals surface area (Å²) in [5.74, 6) is -0.811. The first kappa shape index (κ1) is 33.7. The average Bonchev–Trinajstić information content (AvgIpc) is 2.80. The van der Waals surface area contributed by atoms with E-state index in [1.54, 1.807) is 19.1 Å². The maximum Gasteiger partial charge on any atom is 0.416 e. The molecule has 0 aliphatic rings. The minimum absolute atomic E-state index is 0.00563. The van der Waals surface area contributed by atoms with E-state index < -0.39 is 39.3 Å². The number of benzene rings is 2. The quantitative estimate of drug-likeness (QED) is 0.319. The molecule has 1 atom stereocenters. The molecular formula is C27H34Cl2F3N3O4S. The second kappa shape index (κ2) is 13.4.